The van der Waals surface area contributed by atoms with Crippen LogP contribution in [0.1, 0.15) is 31.4 Å². The first kappa shape index (κ1) is 7.87. The number of hydrogen-bond donors (Lipinski definition) is 1. The predicted molar refractivity (Wildman–Crippen MR) is 47.8 cm³/mol. The fraction of sp³-hybridized carbons (Fsp3) is 0.600. The van der Waals surface area contributed by atoms with Crippen molar-refractivity contribution in [3.63, 3.8) is 0 Å². The smallest absolute Gasteiger partial charge is 0.107 e. The summed E-state index contributed by atoms with van der Waals surface area (Å²) in [6.45, 7) is 2.21. The summed E-state index contributed by atoms with van der Waals surface area (Å²) in [6, 6.07) is 4.37. The first-order chi connectivity index (χ1) is 5.79. The van der Waals surface area contributed by atoms with Crippen molar-refractivity contribution in [2.24, 2.45) is 11.7 Å². The minimum Gasteiger partial charge on any atom is -0.469 e. The predicted octanol–water partition coefficient (Wildman–Crippen LogP) is 2.12. The Bertz CT molecular complexity index is 242. The molecule has 1 aliphatic rings. The van der Waals surface area contributed by atoms with Crippen molar-refractivity contribution in [1.82, 2.24) is 0 Å². The molecule has 0 bridgehead atoms. The molecule has 66 valence electrons. The van der Waals surface area contributed by atoms with Crippen molar-refractivity contribution in [1.29, 1.82) is 0 Å². The van der Waals surface area contributed by atoms with Crippen molar-refractivity contribution >= 4 is 0 Å². The Morgan fingerprint density at radius 1 is 1.50 bits per heavy atom. The van der Waals surface area contributed by atoms with E-state index in [4.69, 9.17) is 10.2 Å². The topological polar surface area (TPSA) is 39.2 Å². The van der Waals surface area contributed by atoms with E-state index in [2.05, 4.69) is 13.0 Å². The van der Waals surface area contributed by atoms with Gasteiger partial charge in [-0.1, -0.05) is 6.92 Å². The third-order valence-corrected chi connectivity index (χ3v) is 3.03. The molecule has 1 aliphatic carbocycles. The maximum absolute atomic E-state index is 5.93. The Morgan fingerprint density at radius 3 is 2.83 bits per heavy atom. The number of rotatable bonds is 1. The lowest BCUT2D eigenvalue weighted by atomic mass is 9.94. The molecule has 1 fully saturated rings. The number of hydrogen-bond acceptors (Lipinski definition) is 2. The van der Waals surface area contributed by atoms with Crippen LogP contribution in [-0.4, -0.2) is 6.04 Å². The first-order valence-electron chi connectivity index (χ1n) is 4.58. The van der Waals surface area contributed by atoms with E-state index < -0.39 is 0 Å². The lowest BCUT2D eigenvalue weighted by Gasteiger charge is -2.15. The van der Waals surface area contributed by atoms with Crippen molar-refractivity contribution < 1.29 is 4.42 Å². The van der Waals surface area contributed by atoms with E-state index in [0.29, 0.717) is 17.9 Å². The molecule has 0 aromatic carbocycles. The van der Waals surface area contributed by atoms with Crippen LogP contribution in [0.15, 0.2) is 22.8 Å². The lowest BCUT2D eigenvalue weighted by molar-refractivity contribution is 0.398. The second-order valence-electron chi connectivity index (χ2n) is 3.72. The summed E-state index contributed by atoms with van der Waals surface area (Å²) in [7, 11) is 0. The van der Waals surface area contributed by atoms with Gasteiger partial charge in [-0.2, -0.15) is 0 Å². The van der Waals surface area contributed by atoms with Crippen LogP contribution in [0.5, 0.6) is 0 Å². The molecule has 2 heteroatoms. The largest absolute Gasteiger partial charge is 0.469 e. The summed E-state index contributed by atoms with van der Waals surface area (Å²) in [5, 5.41) is 0. The maximum atomic E-state index is 5.93. The zero-order chi connectivity index (χ0) is 8.55. The average molecular weight is 165 g/mol. The molecule has 0 radical (unpaired) electrons. The standard InChI is InChI=1S/C10H15NO/c1-7-8(4-5-9(7)11)10-3-2-6-12-10/h2-3,6-9H,4-5,11H2,1H3. The van der Waals surface area contributed by atoms with E-state index in [9.17, 15) is 0 Å². The molecule has 1 aromatic rings. The molecular formula is C10H15NO. The summed E-state index contributed by atoms with van der Waals surface area (Å²) in [6.07, 6.45) is 4.05. The van der Waals surface area contributed by atoms with Crippen LogP contribution in [0.3, 0.4) is 0 Å². The summed E-state index contributed by atoms with van der Waals surface area (Å²) < 4.78 is 5.38. The monoisotopic (exact) mass is 165 g/mol. The van der Waals surface area contributed by atoms with Crippen molar-refractivity contribution in [3.8, 4) is 0 Å². The van der Waals surface area contributed by atoms with E-state index in [0.717, 1.165) is 12.2 Å². The molecule has 2 rings (SSSR count). The highest BCUT2D eigenvalue weighted by Crippen LogP contribution is 2.38. The third kappa shape index (κ3) is 1.16. The van der Waals surface area contributed by atoms with Gasteiger partial charge in [0.05, 0.1) is 6.26 Å². The summed E-state index contributed by atoms with van der Waals surface area (Å²) in [5.41, 5.74) is 5.93. The van der Waals surface area contributed by atoms with E-state index >= 15 is 0 Å². The Morgan fingerprint density at radius 2 is 2.33 bits per heavy atom. The SMILES string of the molecule is CC1C(N)CCC1c1ccco1. The Labute approximate surface area is 72.7 Å². The van der Waals surface area contributed by atoms with Crippen LogP contribution >= 0.6 is 0 Å². The van der Waals surface area contributed by atoms with Gasteiger partial charge >= 0.3 is 0 Å². The Hall–Kier alpha value is -0.760. The summed E-state index contributed by atoms with van der Waals surface area (Å²) in [4.78, 5) is 0. The van der Waals surface area contributed by atoms with Gasteiger partial charge in [0.2, 0.25) is 0 Å². The molecule has 2 N–H and O–H groups in total. The zero-order valence-corrected chi connectivity index (χ0v) is 7.36. The van der Waals surface area contributed by atoms with Crippen LogP contribution in [0.25, 0.3) is 0 Å². The molecule has 0 spiro atoms. The Balaban J connectivity index is 2.16. The normalized spacial score (nSPS) is 35.7. The quantitative estimate of drug-likeness (QED) is 0.692. The Kier molecular flexibility index (Phi) is 1.93. The van der Waals surface area contributed by atoms with Gasteiger partial charge in [0.25, 0.3) is 0 Å². The van der Waals surface area contributed by atoms with Crippen LogP contribution in [0, 0.1) is 5.92 Å². The molecule has 3 unspecified atom stereocenters. The minimum atomic E-state index is 0.361. The van der Waals surface area contributed by atoms with Gasteiger partial charge in [-0.25, -0.2) is 0 Å². The van der Waals surface area contributed by atoms with Gasteiger partial charge in [-0.3, -0.25) is 0 Å². The molecule has 1 heterocycles. The highest BCUT2D eigenvalue weighted by Gasteiger charge is 2.32. The fourth-order valence-electron chi connectivity index (χ4n) is 2.10. The van der Waals surface area contributed by atoms with Crippen LogP contribution in [0.2, 0.25) is 0 Å². The van der Waals surface area contributed by atoms with Gasteiger partial charge in [0.15, 0.2) is 0 Å². The maximum Gasteiger partial charge on any atom is 0.107 e. The molecule has 12 heavy (non-hydrogen) atoms. The second kappa shape index (κ2) is 2.94. The van der Waals surface area contributed by atoms with Crippen LogP contribution in [-0.2, 0) is 0 Å². The molecule has 1 aromatic heterocycles. The van der Waals surface area contributed by atoms with Crippen molar-refractivity contribution in [2.75, 3.05) is 0 Å². The van der Waals surface area contributed by atoms with Crippen molar-refractivity contribution in [2.45, 2.75) is 31.7 Å². The van der Waals surface area contributed by atoms with Gasteiger partial charge in [-0.15, -0.1) is 0 Å². The first-order valence-corrected chi connectivity index (χ1v) is 4.58. The number of furan rings is 1. The zero-order valence-electron chi connectivity index (χ0n) is 7.36. The van der Waals surface area contributed by atoms with Gasteiger partial charge in [-0.05, 0) is 30.9 Å². The molecule has 0 aliphatic heterocycles. The van der Waals surface area contributed by atoms with Crippen molar-refractivity contribution in [3.05, 3.63) is 24.2 Å². The lowest BCUT2D eigenvalue weighted by Crippen LogP contribution is -2.24. The highest BCUT2D eigenvalue weighted by molar-refractivity contribution is 5.10. The van der Waals surface area contributed by atoms with Crippen LogP contribution < -0.4 is 5.73 Å². The molecule has 0 amide bonds. The van der Waals surface area contributed by atoms with Gasteiger partial charge in [0, 0.05) is 12.0 Å². The third-order valence-electron chi connectivity index (χ3n) is 3.03. The van der Waals surface area contributed by atoms with Crippen LogP contribution in [0.4, 0.5) is 0 Å². The van der Waals surface area contributed by atoms with E-state index in [1.54, 1.807) is 6.26 Å². The summed E-state index contributed by atoms with van der Waals surface area (Å²) in [5.74, 6) is 2.22. The second-order valence-corrected chi connectivity index (χ2v) is 3.72. The minimum absolute atomic E-state index is 0.361. The molecular weight excluding hydrogens is 150 g/mol. The van der Waals surface area contributed by atoms with Gasteiger partial charge in [0.1, 0.15) is 5.76 Å². The van der Waals surface area contributed by atoms with E-state index in [1.165, 1.54) is 6.42 Å². The summed E-state index contributed by atoms with van der Waals surface area (Å²) >= 11 is 0. The number of nitrogens with two attached hydrogens (primary N) is 1. The average Bonchev–Trinajstić information content (AvgIpc) is 2.64. The molecule has 3 atom stereocenters. The van der Waals surface area contributed by atoms with Gasteiger partial charge < -0.3 is 10.2 Å². The molecule has 2 nitrogen and oxygen atoms in total. The van der Waals surface area contributed by atoms with E-state index in [1.807, 2.05) is 6.07 Å². The van der Waals surface area contributed by atoms with E-state index in [-0.39, 0.29) is 0 Å². The fourth-order valence-corrected chi connectivity index (χ4v) is 2.10. The molecule has 0 saturated heterocycles. The molecule has 1 saturated carbocycles. The highest BCUT2D eigenvalue weighted by atomic mass is 16.3.